The van der Waals surface area contributed by atoms with Crippen molar-refractivity contribution in [3.63, 3.8) is 0 Å². The fraction of sp³-hybridized carbons (Fsp3) is 0.192. The summed E-state index contributed by atoms with van der Waals surface area (Å²) in [6.45, 7) is 0.602. The number of carbonyl (C=O) groups is 1. The summed E-state index contributed by atoms with van der Waals surface area (Å²) >= 11 is 0. The van der Waals surface area contributed by atoms with E-state index in [1.165, 1.54) is 24.3 Å². The minimum atomic E-state index is -0.536. The van der Waals surface area contributed by atoms with E-state index in [9.17, 15) is 13.6 Å². The number of ether oxygens (including phenoxy) is 1. The molecule has 0 saturated heterocycles. The Kier molecular flexibility index (Phi) is 7.00. The first-order valence-corrected chi connectivity index (χ1v) is 10.5. The molecule has 2 aromatic carbocycles. The maximum absolute atomic E-state index is 14.9. The summed E-state index contributed by atoms with van der Waals surface area (Å²) in [7, 11) is 1.56. The van der Waals surface area contributed by atoms with Crippen molar-refractivity contribution in [3.8, 4) is 0 Å². The molecule has 1 aromatic heterocycles. The number of hydrogen-bond donors (Lipinski definition) is 1. The quantitative estimate of drug-likeness (QED) is 0.562. The SMILES string of the molecule is COC[C@@H](Cc1ccccn1)NC(=O)c1cccc(F)c1C1=NCC(c2ccc(F)cc2)=C1. The summed E-state index contributed by atoms with van der Waals surface area (Å²) in [5.41, 5.74) is 3.14. The summed E-state index contributed by atoms with van der Waals surface area (Å²) < 4.78 is 33.4. The Bertz CT molecular complexity index is 1190. The van der Waals surface area contributed by atoms with Gasteiger partial charge in [0.15, 0.2) is 0 Å². The van der Waals surface area contributed by atoms with E-state index < -0.39 is 11.7 Å². The summed E-state index contributed by atoms with van der Waals surface area (Å²) in [5.74, 6) is -1.29. The van der Waals surface area contributed by atoms with Gasteiger partial charge in [-0.15, -0.1) is 0 Å². The topological polar surface area (TPSA) is 63.6 Å². The molecule has 1 aliphatic heterocycles. The van der Waals surface area contributed by atoms with E-state index in [1.54, 1.807) is 37.6 Å². The van der Waals surface area contributed by atoms with Crippen LogP contribution in [0.1, 0.15) is 27.2 Å². The highest BCUT2D eigenvalue weighted by Crippen LogP contribution is 2.25. The van der Waals surface area contributed by atoms with Gasteiger partial charge < -0.3 is 10.1 Å². The number of halogens is 2. The van der Waals surface area contributed by atoms with Crippen LogP contribution in [-0.2, 0) is 11.2 Å². The molecule has 0 radical (unpaired) electrons. The van der Waals surface area contributed by atoms with Gasteiger partial charge in [0.1, 0.15) is 11.6 Å². The minimum Gasteiger partial charge on any atom is -0.383 e. The van der Waals surface area contributed by atoms with Gasteiger partial charge in [-0.25, -0.2) is 8.78 Å². The number of nitrogens with zero attached hydrogens (tertiary/aromatic N) is 2. The first-order chi connectivity index (χ1) is 16.0. The molecule has 0 bridgehead atoms. The lowest BCUT2D eigenvalue weighted by atomic mass is 9.99. The van der Waals surface area contributed by atoms with E-state index in [4.69, 9.17) is 4.74 Å². The highest BCUT2D eigenvalue weighted by Gasteiger charge is 2.23. The molecule has 3 aromatic rings. The number of amides is 1. The molecule has 0 saturated carbocycles. The average molecular weight is 447 g/mol. The van der Waals surface area contributed by atoms with Gasteiger partial charge in [-0.3, -0.25) is 14.8 Å². The van der Waals surface area contributed by atoms with Crippen molar-refractivity contribution in [2.24, 2.45) is 4.99 Å². The smallest absolute Gasteiger partial charge is 0.252 e. The highest BCUT2D eigenvalue weighted by molar-refractivity contribution is 6.19. The first kappa shape index (κ1) is 22.5. The number of benzene rings is 2. The Morgan fingerprint density at radius 1 is 1.09 bits per heavy atom. The molecule has 1 N–H and O–H groups in total. The van der Waals surface area contributed by atoms with Gasteiger partial charge in [0.25, 0.3) is 5.91 Å². The van der Waals surface area contributed by atoms with Crippen molar-refractivity contribution in [2.45, 2.75) is 12.5 Å². The minimum absolute atomic E-state index is 0.140. The largest absolute Gasteiger partial charge is 0.383 e. The number of carbonyl (C=O) groups excluding carboxylic acids is 1. The van der Waals surface area contributed by atoms with Gasteiger partial charge in [0.05, 0.1) is 30.5 Å². The van der Waals surface area contributed by atoms with Crippen LogP contribution in [0.15, 0.2) is 77.9 Å². The number of aliphatic imine (C=N–C) groups is 1. The van der Waals surface area contributed by atoms with Crippen LogP contribution in [0.25, 0.3) is 5.57 Å². The lowest BCUT2D eigenvalue weighted by molar-refractivity contribution is 0.0896. The van der Waals surface area contributed by atoms with Crippen molar-refractivity contribution in [1.82, 2.24) is 10.3 Å². The zero-order chi connectivity index (χ0) is 23.2. The molecule has 33 heavy (non-hydrogen) atoms. The van der Waals surface area contributed by atoms with Gasteiger partial charge >= 0.3 is 0 Å². The molecule has 4 rings (SSSR count). The second-order valence-electron chi connectivity index (χ2n) is 7.69. The predicted molar refractivity (Wildman–Crippen MR) is 123 cm³/mol. The number of nitrogens with one attached hydrogen (secondary N) is 1. The molecule has 1 amide bonds. The second kappa shape index (κ2) is 10.3. The molecule has 0 aliphatic carbocycles. The van der Waals surface area contributed by atoms with Crippen LogP contribution in [0.3, 0.4) is 0 Å². The van der Waals surface area contributed by atoms with Gasteiger partial charge in [-0.2, -0.15) is 0 Å². The van der Waals surface area contributed by atoms with Gasteiger partial charge in [0, 0.05) is 31.0 Å². The number of aromatic nitrogens is 1. The number of methoxy groups -OCH3 is 1. The van der Waals surface area contributed by atoms with Crippen molar-refractivity contribution in [3.05, 3.63) is 107 Å². The van der Waals surface area contributed by atoms with Crippen molar-refractivity contribution < 1.29 is 18.3 Å². The Morgan fingerprint density at radius 2 is 1.91 bits per heavy atom. The van der Waals surface area contributed by atoms with Gasteiger partial charge in [-0.05, 0) is 53.6 Å². The fourth-order valence-electron chi connectivity index (χ4n) is 3.78. The zero-order valence-electron chi connectivity index (χ0n) is 18.1. The zero-order valence-corrected chi connectivity index (χ0v) is 18.1. The van der Waals surface area contributed by atoms with Crippen LogP contribution in [0, 0.1) is 11.6 Å². The molecular weight excluding hydrogens is 424 g/mol. The maximum Gasteiger partial charge on any atom is 0.252 e. The van der Waals surface area contributed by atoms with E-state index in [0.717, 1.165) is 16.8 Å². The molecule has 0 unspecified atom stereocenters. The average Bonchev–Trinajstić information content (AvgIpc) is 3.30. The summed E-state index contributed by atoms with van der Waals surface area (Å²) in [6, 6.07) is 15.7. The second-order valence-corrected chi connectivity index (χ2v) is 7.69. The van der Waals surface area contributed by atoms with Crippen LogP contribution in [-0.4, -0.2) is 42.9 Å². The molecule has 2 heterocycles. The Balaban J connectivity index is 1.58. The molecule has 1 aliphatic rings. The van der Waals surface area contributed by atoms with Crippen LogP contribution < -0.4 is 5.32 Å². The standard InChI is InChI=1S/C26H23F2N3O2/c1-33-16-21(14-20-5-2-3-12-29-20)31-26(32)22-6-4-7-23(28)25(22)24-13-18(15-30-24)17-8-10-19(27)11-9-17/h2-13,21H,14-16H2,1H3,(H,31,32)/t21-/m1/s1. The van der Waals surface area contributed by atoms with Crippen molar-refractivity contribution in [1.29, 1.82) is 0 Å². The predicted octanol–water partition coefficient (Wildman–Crippen LogP) is 4.23. The summed E-state index contributed by atoms with van der Waals surface area (Å²) in [4.78, 5) is 21.9. The number of allylic oxidation sites excluding steroid dienone is 1. The Morgan fingerprint density at radius 3 is 2.64 bits per heavy atom. The number of hydrogen-bond acceptors (Lipinski definition) is 4. The van der Waals surface area contributed by atoms with Crippen LogP contribution >= 0.6 is 0 Å². The van der Waals surface area contributed by atoms with Crippen molar-refractivity contribution >= 4 is 17.2 Å². The van der Waals surface area contributed by atoms with Crippen LogP contribution in [0.5, 0.6) is 0 Å². The molecule has 1 atom stereocenters. The van der Waals surface area contributed by atoms with E-state index >= 15 is 0 Å². The first-order valence-electron chi connectivity index (χ1n) is 10.5. The van der Waals surface area contributed by atoms with Gasteiger partial charge in [-0.1, -0.05) is 24.3 Å². The van der Waals surface area contributed by atoms with E-state index in [-0.39, 0.29) is 29.6 Å². The highest BCUT2D eigenvalue weighted by atomic mass is 19.1. The van der Waals surface area contributed by atoms with Crippen LogP contribution in [0.2, 0.25) is 0 Å². The number of pyridine rings is 1. The third-order valence-electron chi connectivity index (χ3n) is 5.34. The summed E-state index contributed by atoms with van der Waals surface area (Å²) in [5, 5.41) is 2.93. The molecule has 7 heteroatoms. The molecule has 168 valence electrons. The third-order valence-corrected chi connectivity index (χ3v) is 5.34. The van der Waals surface area contributed by atoms with E-state index in [2.05, 4.69) is 15.3 Å². The molecular formula is C26H23F2N3O2. The van der Waals surface area contributed by atoms with Crippen molar-refractivity contribution in [2.75, 3.05) is 20.3 Å². The Hall–Kier alpha value is -3.71. The lowest BCUT2D eigenvalue weighted by Gasteiger charge is -2.19. The molecule has 5 nitrogen and oxygen atoms in total. The fourth-order valence-corrected chi connectivity index (χ4v) is 3.78. The summed E-state index contributed by atoms with van der Waals surface area (Å²) in [6.07, 6.45) is 3.90. The van der Waals surface area contributed by atoms with Gasteiger partial charge in [0.2, 0.25) is 0 Å². The van der Waals surface area contributed by atoms with E-state index in [0.29, 0.717) is 18.7 Å². The molecule has 0 spiro atoms. The van der Waals surface area contributed by atoms with Crippen LogP contribution in [0.4, 0.5) is 8.78 Å². The lowest BCUT2D eigenvalue weighted by Crippen LogP contribution is -2.40. The van der Waals surface area contributed by atoms with E-state index in [1.807, 2.05) is 18.2 Å². The maximum atomic E-state index is 14.9. The number of rotatable bonds is 8. The monoisotopic (exact) mass is 447 g/mol. The molecule has 0 fully saturated rings. The third kappa shape index (κ3) is 5.38. The Labute approximate surface area is 190 Å². The normalized spacial score (nSPS) is 13.9.